The highest BCUT2D eigenvalue weighted by Gasteiger charge is 2.32. The summed E-state index contributed by atoms with van der Waals surface area (Å²) in [4.78, 5) is 15.7. The molecule has 0 radical (unpaired) electrons. The minimum absolute atomic E-state index is 0.274. The van der Waals surface area contributed by atoms with Crippen molar-refractivity contribution in [1.29, 1.82) is 0 Å². The van der Waals surface area contributed by atoms with Crippen LogP contribution in [0.1, 0.15) is 55.1 Å². The lowest BCUT2D eigenvalue weighted by atomic mass is 9.76. The molecular weight excluding hydrogens is 418 g/mol. The summed E-state index contributed by atoms with van der Waals surface area (Å²) in [5.41, 5.74) is 7.90. The molecule has 0 bridgehead atoms. The molecule has 0 spiro atoms. The van der Waals surface area contributed by atoms with E-state index in [9.17, 15) is 4.79 Å². The van der Waals surface area contributed by atoms with Crippen molar-refractivity contribution in [1.82, 2.24) is 25.2 Å². The number of carbonyl (C=O) groups is 1. The highest BCUT2D eigenvalue weighted by atomic mass is 16.5. The highest BCUT2D eigenvalue weighted by molar-refractivity contribution is 5.72. The van der Waals surface area contributed by atoms with E-state index < -0.39 is 12.0 Å². The van der Waals surface area contributed by atoms with E-state index in [2.05, 4.69) is 50.3 Å². The molecule has 176 valence electrons. The molecule has 1 atom stereocenters. The zero-order valence-corrected chi connectivity index (χ0v) is 20.3. The molecule has 2 N–H and O–H groups in total. The van der Waals surface area contributed by atoms with E-state index in [1.807, 2.05) is 11.7 Å². The van der Waals surface area contributed by atoms with E-state index in [0.29, 0.717) is 18.3 Å². The number of hydrogen-bond donors (Lipinski definition) is 2. The average Bonchev–Trinajstić information content (AvgIpc) is 3.34. The Hall–Kier alpha value is -3.00. The van der Waals surface area contributed by atoms with Gasteiger partial charge in [-0.25, -0.2) is 0 Å². The van der Waals surface area contributed by atoms with Gasteiger partial charge in [-0.1, -0.05) is 19.0 Å². The standard InChI is InChI=1S/C25H33N5O3/c1-14-11-17(12-15(2)18(14)8-10-26-16(3)24(31)32)22-27-23(33-29-22)21-19-7-9-25(4,5)13-20(19)30(6)28-21/h11-12,16,26H,7-10,13H2,1-6H3,(H,31,32)/t16-/m0/s1. The lowest BCUT2D eigenvalue weighted by molar-refractivity contribution is -0.138. The third-order valence-electron chi connectivity index (χ3n) is 6.75. The summed E-state index contributed by atoms with van der Waals surface area (Å²) in [5, 5.41) is 21.0. The van der Waals surface area contributed by atoms with Crippen molar-refractivity contribution >= 4 is 5.97 Å². The Kier molecular flexibility index (Phi) is 6.14. The Morgan fingerprint density at radius 1 is 1.30 bits per heavy atom. The van der Waals surface area contributed by atoms with Crippen LogP contribution in [0.3, 0.4) is 0 Å². The molecule has 0 saturated carbocycles. The van der Waals surface area contributed by atoms with Crippen molar-refractivity contribution in [3.63, 3.8) is 0 Å². The smallest absolute Gasteiger partial charge is 0.320 e. The second-order valence-corrected chi connectivity index (χ2v) is 10.0. The van der Waals surface area contributed by atoms with E-state index in [1.165, 1.54) is 16.8 Å². The first-order valence-electron chi connectivity index (χ1n) is 11.5. The molecule has 2 aromatic heterocycles. The Labute approximate surface area is 194 Å². The fourth-order valence-electron chi connectivity index (χ4n) is 4.72. The molecular formula is C25H33N5O3. The van der Waals surface area contributed by atoms with Crippen molar-refractivity contribution in [2.75, 3.05) is 6.54 Å². The van der Waals surface area contributed by atoms with Crippen molar-refractivity contribution in [3.05, 3.63) is 40.1 Å². The number of rotatable bonds is 7. The van der Waals surface area contributed by atoms with Gasteiger partial charge in [-0.2, -0.15) is 10.1 Å². The molecule has 3 aromatic rings. The van der Waals surface area contributed by atoms with Gasteiger partial charge >= 0.3 is 5.97 Å². The molecule has 0 saturated heterocycles. The van der Waals surface area contributed by atoms with Crippen LogP contribution >= 0.6 is 0 Å². The van der Waals surface area contributed by atoms with E-state index in [0.717, 1.165) is 48.1 Å². The van der Waals surface area contributed by atoms with Crippen molar-refractivity contribution in [3.8, 4) is 23.0 Å². The topological polar surface area (TPSA) is 106 Å². The molecule has 1 aromatic carbocycles. The lowest BCUT2D eigenvalue weighted by Crippen LogP contribution is -2.35. The van der Waals surface area contributed by atoms with Crippen LogP contribution in [0.4, 0.5) is 0 Å². The summed E-state index contributed by atoms with van der Waals surface area (Å²) < 4.78 is 7.61. The van der Waals surface area contributed by atoms with Crippen molar-refractivity contribution in [2.45, 2.75) is 66.3 Å². The summed E-state index contributed by atoms with van der Waals surface area (Å²) in [6.07, 6.45) is 3.82. The minimum Gasteiger partial charge on any atom is -0.480 e. The normalized spacial score (nSPS) is 15.9. The SMILES string of the molecule is Cc1cc(-c2noc(-c3nn(C)c4c3CCC(C)(C)C4)n2)cc(C)c1CCN[C@@H](C)C(=O)O. The van der Waals surface area contributed by atoms with Crippen LogP contribution in [0.15, 0.2) is 16.7 Å². The van der Waals surface area contributed by atoms with Crippen LogP contribution in [-0.2, 0) is 31.1 Å². The first kappa shape index (κ1) is 23.2. The molecule has 8 nitrogen and oxygen atoms in total. The van der Waals surface area contributed by atoms with E-state index in [1.54, 1.807) is 6.92 Å². The average molecular weight is 452 g/mol. The molecule has 0 unspecified atom stereocenters. The van der Waals surface area contributed by atoms with Crippen LogP contribution in [0, 0.1) is 19.3 Å². The lowest BCUT2D eigenvalue weighted by Gasteiger charge is -2.29. The summed E-state index contributed by atoms with van der Waals surface area (Å²) in [7, 11) is 1.98. The first-order valence-corrected chi connectivity index (χ1v) is 11.5. The number of nitrogens with one attached hydrogen (secondary N) is 1. The van der Waals surface area contributed by atoms with Crippen molar-refractivity contribution < 1.29 is 14.4 Å². The predicted octanol–water partition coefficient (Wildman–Crippen LogP) is 3.87. The Morgan fingerprint density at radius 3 is 2.67 bits per heavy atom. The number of benzene rings is 1. The largest absolute Gasteiger partial charge is 0.480 e. The van der Waals surface area contributed by atoms with Crippen LogP contribution in [0.5, 0.6) is 0 Å². The summed E-state index contributed by atoms with van der Waals surface area (Å²) in [6, 6.07) is 3.56. The molecule has 0 fully saturated rings. The Bertz CT molecular complexity index is 1170. The van der Waals surface area contributed by atoms with Gasteiger partial charge in [0.15, 0.2) is 5.69 Å². The molecule has 2 heterocycles. The van der Waals surface area contributed by atoms with Gasteiger partial charge in [0.2, 0.25) is 5.82 Å². The third kappa shape index (κ3) is 4.71. The molecule has 33 heavy (non-hydrogen) atoms. The number of hydrogen-bond acceptors (Lipinski definition) is 6. The van der Waals surface area contributed by atoms with Gasteiger partial charge in [0, 0.05) is 23.9 Å². The number of nitrogens with zero attached hydrogens (tertiary/aromatic N) is 4. The molecule has 0 amide bonds. The van der Waals surface area contributed by atoms with Crippen LogP contribution in [-0.4, -0.2) is 43.6 Å². The summed E-state index contributed by atoms with van der Waals surface area (Å²) in [6.45, 7) is 11.0. The molecule has 1 aliphatic rings. The summed E-state index contributed by atoms with van der Waals surface area (Å²) >= 11 is 0. The number of aromatic nitrogens is 4. The number of aryl methyl sites for hydroxylation is 3. The quantitative estimate of drug-likeness (QED) is 0.561. The fourth-order valence-corrected chi connectivity index (χ4v) is 4.72. The van der Waals surface area contributed by atoms with E-state index in [4.69, 9.17) is 19.7 Å². The van der Waals surface area contributed by atoms with Crippen LogP contribution < -0.4 is 5.32 Å². The second-order valence-electron chi connectivity index (χ2n) is 10.0. The van der Waals surface area contributed by atoms with Gasteiger partial charge in [-0.15, -0.1) is 0 Å². The zero-order valence-electron chi connectivity index (χ0n) is 20.3. The van der Waals surface area contributed by atoms with E-state index in [-0.39, 0.29) is 5.41 Å². The zero-order chi connectivity index (χ0) is 23.9. The highest BCUT2D eigenvalue weighted by Crippen LogP contribution is 2.38. The van der Waals surface area contributed by atoms with Gasteiger partial charge in [-0.05, 0) is 87.2 Å². The number of aliphatic carboxylic acids is 1. The fraction of sp³-hybridized carbons (Fsp3) is 0.520. The molecule has 8 heteroatoms. The van der Waals surface area contributed by atoms with Crippen LogP contribution in [0.2, 0.25) is 0 Å². The summed E-state index contributed by atoms with van der Waals surface area (Å²) in [5.74, 6) is 0.174. The first-order chi connectivity index (χ1) is 15.6. The van der Waals surface area contributed by atoms with Crippen molar-refractivity contribution in [2.24, 2.45) is 12.5 Å². The van der Waals surface area contributed by atoms with Gasteiger partial charge in [0.25, 0.3) is 5.89 Å². The Morgan fingerprint density at radius 2 is 2.00 bits per heavy atom. The number of carboxylic acid groups (broad SMARTS) is 1. The minimum atomic E-state index is -0.843. The molecule has 0 aliphatic heterocycles. The Balaban J connectivity index is 1.56. The maximum absolute atomic E-state index is 11.0. The van der Waals surface area contributed by atoms with E-state index >= 15 is 0 Å². The van der Waals surface area contributed by atoms with Crippen LogP contribution in [0.25, 0.3) is 23.0 Å². The third-order valence-corrected chi connectivity index (χ3v) is 6.75. The van der Waals surface area contributed by atoms with Gasteiger partial charge in [-0.3, -0.25) is 9.48 Å². The number of carboxylic acids is 1. The monoisotopic (exact) mass is 451 g/mol. The van der Waals surface area contributed by atoms with Gasteiger partial charge in [0.05, 0.1) is 0 Å². The molecule has 4 rings (SSSR count). The second kappa shape index (κ2) is 8.74. The maximum atomic E-state index is 11.0. The maximum Gasteiger partial charge on any atom is 0.320 e. The van der Waals surface area contributed by atoms with Gasteiger partial charge in [0.1, 0.15) is 6.04 Å². The van der Waals surface area contributed by atoms with Gasteiger partial charge < -0.3 is 14.9 Å². The predicted molar refractivity (Wildman–Crippen MR) is 126 cm³/mol. The number of fused-ring (bicyclic) bond motifs is 1. The molecule has 1 aliphatic carbocycles.